The molecule has 2 rings (SSSR count). The molecule has 6 N–H and O–H groups in total. The summed E-state index contributed by atoms with van der Waals surface area (Å²) in [6, 6.07) is 5.14. The molecule has 0 aliphatic heterocycles. The van der Waals surface area contributed by atoms with Crippen LogP contribution < -0.4 is 5.32 Å². The van der Waals surface area contributed by atoms with Crippen molar-refractivity contribution in [2.75, 3.05) is 5.32 Å². The highest BCUT2D eigenvalue weighted by atomic mass is 31.2. The van der Waals surface area contributed by atoms with E-state index in [-0.39, 0.29) is 5.95 Å². The number of rotatable bonds is 5. The highest BCUT2D eigenvalue weighted by molar-refractivity contribution is 7.72. The maximum absolute atomic E-state index is 11.4. The van der Waals surface area contributed by atoms with Crippen LogP contribution in [0.5, 0.6) is 0 Å². The summed E-state index contributed by atoms with van der Waals surface area (Å²) in [7, 11) is -11.2. The van der Waals surface area contributed by atoms with Crippen molar-refractivity contribution in [3.8, 4) is 0 Å². The number of benzene rings is 1. The fourth-order valence-electron chi connectivity index (χ4n) is 2.01. The number of fused-ring (bicyclic) bond motifs is 1. The molecule has 12 heteroatoms. The van der Waals surface area contributed by atoms with E-state index in [9.17, 15) is 33.8 Å². The Morgan fingerprint density at radius 1 is 1.13 bits per heavy atom. The molecule has 10 nitrogen and oxygen atoms in total. The largest absolute Gasteiger partial charge is 0.371 e. The van der Waals surface area contributed by atoms with Gasteiger partial charge in [0.15, 0.2) is 0 Å². The number of para-hydroxylation sites is 1. The molecule has 1 heterocycles. The van der Waals surface area contributed by atoms with E-state index in [0.29, 0.717) is 10.9 Å². The van der Waals surface area contributed by atoms with Gasteiger partial charge in [-0.05, 0) is 13.0 Å². The van der Waals surface area contributed by atoms with E-state index >= 15 is 0 Å². The second-order valence-electron chi connectivity index (χ2n) is 4.89. The molecular weight excluding hydrogens is 348 g/mol. The van der Waals surface area contributed by atoms with Gasteiger partial charge in [-0.1, -0.05) is 18.2 Å². The summed E-state index contributed by atoms with van der Waals surface area (Å²) in [4.78, 5) is 44.7. The highest BCUT2D eigenvalue weighted by Crippen LogP contribution is 2.69. The molecule has 0 saturated heterocycles. The minimum absolute atomic E-state index is 0.142. The first-order chi connectivity index (χ1) is 10.5. The maximum Gasteiger partial charge on any atom is 0.371 e. The lowest BCUT2D eigenvalue weighted by Gasteiger charge is -2.34. The molecule has 1 aromatic heterocycles. The highest BCUT2D eigenvalue weighted by Gasteiger charge is 2.63. The summed E-state index contributed by atoms with van der Waals surface area (Å²) in [6.07, 6.45) is 1.42. The maximum atomic E-state index is 11.4. The second-order valence-corrected chi connectivity index (χ2v) is 8.79. The first kappa shape index (κ1) is 18.0. The molecule has 0 fully saturated rings. The molecule has 1 unspecified atom stereocenters. The molecule has 0 bridgehead atoms. The van der Waals surface area contributed by atoms with Crippen LogP contribution in [0.2, 0.25) is 0 Å². The first-order valence-corrected chi connectivity index (χ1v) is 9.51. The molecule has 2 aromatic rings. The van der Waals surface area contributed by atoms with Crippen molar-refractivity contribution in [1.82, 2.24) is 9.97 Å². The van der Waals surface area contributed by atoms with Gasteiger partial charge in [-0.3, -0.25) is 9.13 Å². The average Bonchev–Trinajstić information content (AvgIpc) is 2.43. The SMILES string of the molecule is CC(Nc1ncc2ccccc2n1)C(O)(P(=O)(O)O)P(=O)(O)O. The van der Waals surface area contributed by atoms with E-state index in [1.807, 2.05) is 0 Å². The predicted molar refractivity (Wildman–Crippen MR) is 81.7 cm³/mol. The topological polar surface area (TPSA) is 173 Å². The van der Waals surface area contributed by atoms with Gasteiger partial charge in [-0.25, -0.2) is 9.97 Å². The van der Waals surface area contributed by atoms with Crippen LogP contribution >= 0.6 is 15.2 Å². The second kappa shape index (κ2) is 5.92. The quantitative estimate of drug-likeness (QED) is 0.409. The Hall–Kier alpha value is -1.38. The molecule has 0 amide bonds. The summed E-state index contributed by atoms with van der Waals surface area (Å²) in [6.45, 7) is 1.01. The zero-order valence-electron chi connectivity index (χ0n) is 11.8. The number of hydrogen-bond donors (Lipinski definition) is 6. The molecule has 0 saturated carbocycles. The van der Waals surface area contributed by atoms with Gasteiger partial charge in [-0.15, -0.1) is 0 Å². The normalized spacial score (nSPS) is 14.7. The third-order valence-corrected chi connectivity index (χ3v) is 7.33. The molecule has 0 aliphatic carbocycles. The van der Waals surface area contributed by atoms with Crippen LogP contribution in [0.25, 0.3) is 10.9 Å². The number of nitrogens with zero attached hydrogens (tertiary/aromatic N) is 2. The van der Waals surface area contributed by atoms with Gasteiger partial charge in [0.1, 0.15) is 0 Å². The van der Waals surface area contributed by atoms with Gasteiger partial charge in [0.2, 0.25) is 5.95 Å². The van der Waals surface area contributed by atoms with Crippen molar-refractivity contribution >= 4 is 32.0 Å². The number of aromatic nitrogens is 2. The Morgan fingerprint density at radius 3 is 2.26 bits per heavy atom. The summed E-state index contributed by atoms with van der Waals surface area (Å²) in [5, 5.41) is 9.41. The van der Waals surface area contributed by atoms with Crippen LogP contribution in [0.1, 0.15) is 6.92 Å². The standard InChI is InChI=1S/C11H15N3O7P2/c1-7(11(15,22(16,17)18)23(19,20)21)13-10-12-6-8-4-2-3-5-9(8)14-10/h2-7,15H,1H3,(H,12,13,14)(H2,16,17,18)(H2,19,20,21). The minimum atomic E-state index is -5.58. The van der Waals surface area contributed by atoms with E-state index in [4.69, 9.17) is 0 Å². The van der Waals surface area contributed by atoms with Crippen LogP contribution in [0, 0.1) is 0 Å². The van der Waals surface area contributed by atoms with E-state index in [2.05, 4.69) is 15.3 Å². The van der Waals surface area contributed by atoms with Crippen molar-refractivity contribution in [1.29, 1.82) is 0 Å². The molecular formula is C11H15N3O7P2. The number of hydrogen-bond acceptors (Lipinski definition) is 6. The third kappa shape index (κ3) is 3.29. The average molecular weight is 363 g/mol. The third-order valence-electron chi connectivity index (χ3n) is 3.27. The van der Waals surface area contributed by atoms with E-state index in [1.165, 1.54) is 6.20 Å². The summed E-state index contributed by atoms with van der Waals surface area (Å²) in [5.74, 6) is -0.142. The van der Waals surface area contributed by atoms with Crippen molar-refractivity contribution in [2.45, 2.75) is 18.0 Å². The van der Waals surface area contributed by atoms with Crippen molar-refractivity contribution < 1.29 is 33.8 Å². The molecule has 1 aromatic carbocycles. The van der Waals surface area contributed by atoms with Crippen LogP contribution in [0.3, 0.4) is 0 Å². The number of anilines is 1. The van der Waals surface area contributed by atoms with Crippen molar-refractivity contribution in [2.24, 2.45) is 0 Å². The van der Waals surface area contributed by atoms with E-state index < -0.39 is 26.3 Å². The molecule has 1 atom stereocenters. The van der Waals surface area contributed by atoms with Gasteiger partial charge in [0.05, 0.1) is 11.6 Å². The van der Waals surface area contributed by atoms with Gasteiger partial charge >= 0.3 is 15.2 Å². The fourth-order valence-corrected chi connectivity index (χ4v) is 4.50. The van der Waals surface area contributed by atoms with Gasteiger partial charge in [-0.2, -0.15) is 0 Å². The smallest absolute Gasteiger partial charge is 0.366 e. The summed E-state index contributed by atoms with van der Waals surface area (Å²) < 4.78 is 22.8. The van der Waals surface area contributed by atoms with Crippen molar-refractivity contribution in [3.63, 3.8) is 0 Å². The lowest BCUT2D eigenvalue weighted by atomic mass is 10.2. The van der Waals surface area contributed by atoms with Gasteiger partial charge in [0.25, 0.3) is 5.08 Å². The summed E-state index contributed by atoms with van der Waals surface area (Å²) in [5.41, 5.74) is 0.507. The zero-order valence-corrected chi connectivity index (χ0v) is 13.6. The Balaban J connectivity index is 2.40. The molecule has 0 spiro atoms. The summed E-state index contributed by atoms with van der Waals surface area (Å²) >= 11 is 0. The lowest BCUT2D eigenvalue weighted by Crippen LogP contribution is -2.44. The van der Waals surface area contributed by atoms with E-state index in [1.54, 1.807) is 24.3 Å². The van der Waals surface area contributed by atoms with Crippen LogP contribution in [0.4, 0.5) is 5.95 Å². The predicted octanol–water partition coefficient (Wildman–Crippen LogP) is 0.432. The Morgan fingerprint density at radius 2 is 1.70 bits per heavy atom. The molecule has 0 radical (unpaired) electrons. The Labute approximate surface area is 130 Å². The Bertz CT molecular complexity index is 796. The first-order valence-electron chi connectivity index (χ1n) is 6.29. The minimum Gasteiger partial charge on any atom is -0.366 e. The van der Waals surface area contributed by atoms with Crippen molar-refractivity contribution in [3.05, 3.63) is 30.5 Å². The molecule has 23 heavy (non-hydrogen) atoms. The number of aliphatic hydroxyl groups is 1. The van der Waals surface area contributed by atoms with Gasteiger partial charge < -0.3 is 30.0 Å². The molecule has 126 valence electrons. The molecule has 0 aliphatic rings. The van der Waals surface area contributed by atoms with E-state index in [0.717, 1.165) is 6.92 Å². The number of nitrogens with one attached hydrogen (secondary N) is 1. The lowest BCUT2D eigenvalue weighted by molar-refractivity contribution is 0.118. The van der Waals surface area contributed by atoms with Crippen LogP contribution in [-0.4, -0.2) is 45.8 Å². The fraction of sp³-hybridized carbons (Fsp3) is 0.273. The Kier molecular flexibility index (Phi) is 4.62. The van der Waals surface area contributed by atoms with Crippen LogP contribution in [0.15, 0.2) is 30.5 Å². The van der Waals surface area contributed by atoms with Gasteiger partial charge in [0, 0.05) is 11.6 Å². The zero-order chi connectivity index (χ0) is 17.5. The monoisotopic (exact) mass is 363 g/mol. The van der Waals surface area contributed by atoms with Crippen LogP contribution in [-0.2, 0) is 9.13 Å².